The van der Waals surface area contributed by atoms with Crippen molar-refractivity contribution in [3.05, 3.63) is 53.3 Å². The van der Waals surface area contributed by atoms with Gasteiger partial charge in [0.05, 0.1) is 18.0 Å². The Balaban J connectivity index is 2.17. The smallest absolute Gasteiger partial charge is 0.145 e. The van der Waals surface area contributed by atoms with Crippen LogP contribution in [0.25, 0.3) is 0 Å². The van der Waals surface area contributed by atoms with Crippen molar-refractivity contribution >= 4 is 0 Å². The van der Waals surface area contributed by atoms with Crippen LogP contribution in [-0.2, 0) is 0 Å². The largest absolute Gasteiger partial charge is 0.455 e. The summed E-state index contributed by atoms with van der Waals surface area (Å²) in [7, 11) is 0. The molecule has 0 amide bonds. The molecule has 0 aliphatic carbocycles. The minimum Gasteiger partial charge on any atom is -0.455 e. The Morgan fingerprint density at radius 3 is 2.63 bits per heavy atom. The first-order valence-electron chi connectivity index (χ1n) is 6.49. The number of pyridine rings is 1. The number of hydrogen-bond acceptors (Lipinski definition) is 3. The van der Waals surface area contributed by atoms with Crippen LogP contribution in [-0.4, -0.2) is 10.1 Å². The number of rotatable bonds is 4. The van der Waals surface area contributed by atoms with Gasteiger partial charge in [0.1, 0.15) is 11.5 Å². The van der Waals surface area contributed by atoms with Crippen LogP contribution in [0.5, 0.6) is 11.5 Å². The third-order valence-electron chi connectivity index (χ3n) is 3.06. The monoisotopic (exact) mass is 257 g/mol. The van der Waals surface area contributed by atoms with Gasteiger partial charge in [-0.1, -0.05) is 19.1 Å². The molecule has 1 heterocycles. The molecule has 0 aliphatic heterocycles. The van der Waals surface area contributed by atoms with Crippen molar-refractivity contribution in [3.63, 3.8) is 0 Å². The maximum absolute atomic E-state index is 9.69. The van der Waals surface area contributed by atoms with E-state index in [0.29, 0.717) is 17.9 Å². The van der Waals surface area contributed by atoms with E-state index in [-0.39, 0.29) is 0 Å². The van der Waals surface area contributed by atoms with E-state index in [1.165, 1.54) is 0 Å². The number of ether oxygens (including phenoxy) is 1. The van der Waals surface area contributed by atoms with Crippen molar-refractivity contribution in [1.29, 1.82) is 0 Å². The molecule has 19 heavy (non-hydrogen) atoms. The lowest BCUT2D eigenvalue weighted by molar-refractivity contribution is 0.169. The van der Waals surface area contributed by atoms with E-state index in [1.54, 1.807) is 12.3 Å². The molecule has 0 saturated carbocycles. The Bertz CT molecular complexity index is 549. The van der Waals surface area contributed by atoms with Gasteiger partial charge in [-0.05, 0) is 49.6 Å². The Morgan fingerprint density at radius 2 is 2.00 bits per heavy atom. The summed E-state index contributed by atoms with van der Waals surface area (Å²) in [6.45, 7) is 5.97. The standard InChI is InChI=1S/C16H19NO2/c1-4-15(18)14-8-7-13(10-17-14)19-16-9-11(2)5-6-12(16)3/h5-10,15,18H,4H2,1-3H3/t15-/m1/s1. The van der Waals surface area contributed by atoms with Crippen LogP contribution in [0.4, 0.5) is 0 Å². The van der Waals surface area contributed by atoms with Gasteiger partial charge in [0.15, 0.2) is 0 Å². The molecule has 0 unspecified atom stereocenters. The van der Waals surface area contributed by atoms with Gasteiger partial charge in [-0.25, -0.2) is 0 Å². The number of hydrogen-bond donors (Lipinski definition) is 1. The molecule has 2 rings (SSSR count). The van der Waals surface area contributed by atoms with Crippen LogP contribution in [0.1, 0.15) is 36.3 Å². The number of nitrogens with zero attached hydrogens (tertiary/aromatic N) is 1. The summed E-state index contributed by atoms with van der Waals surface area (Å²) in [6.07, 6.45) is 1.80. The molecule has 1 aromatic carbocycles. The van der Waals surface area contributed by atoms with E-state index in [4.69, 9.17) is 4.74 Å². The van der Waals surface area contributed by atoms with Crippen molar-refractivity contribution in [2.24, 2.45) is 0 Å². The Hall–Kier alpha value is -1.87. The quantitative estimate of drug-likeness (QED) is 0.902. The molecule has 0 aliphatic rings. The molecule has 0 bridgehead atoms. The second-order valence-electron chi connectivity index (χ2n) is 4.71. The van der Waals surface area contributed by atoms with Crippen molar-refractivity contribution in [2.75, 3.05) is 0 Å². The summed E-state index contributed by atoms with van der Waals surface area (Å²) in [4.78, 5) is 4.22. The van der Waals surface area contributed by atoms with E-state index in [1.807, 2.05) is 39.0 Å². The molecule has 100 valence electrons. The zero-order valence-corrected chi connectivity index (χ0v) is 11.6. The highest BCUT2D eigenvalue weighted by molar-refractivity contribution is 5.39. The summed E-state index contributed by atoms with van der Waals surface area (Å²) >= 11 is 0. The molecule has 3 nitrogen and oxygen atoms in total. The van der Waals surface area contributed by atoms with Crippen LogP contribution in [0, 0.1) is 13.8 Å². The van der Waals surface area contributed by atoms with Gasteiger partial charge >= 0.3 is 0 Å². The predicted molar refractivity (Wildman–Crippen MR) is 75.5 cm³/mol. The fourth-order valence-corrected chi connectivity index (χ4v) is 1.80. The molecule has 1 aromatic heterocycles. The average Bonchev–Trinajstić information content (AvgIpc) is 2.43. The predicted octanol–water partition coefficient (Wildman–Crippen LogP) is 3.93. The SMILES string of the molecule is CC[C@@H](O)c1ccc(Oc2cc(C)ccc2C)cn1. The minimum absolute atomic E-state index is 0.505. The fraction of sp³-hybridized carbons (Fsp3) is 0.312. The number of aliphatic hydroxyl groups excluding tert-OH is 1. The van der Waals surface area contributed by atoms with E-state index in [9.17, 15) is 5.11 Å². The van der Waals surface area contributed by atoms with Gasteiger partial charge in [0, 0.05) is 0 Å². The highest BCUT2D eigenvalue weighted by Crippen LogP contribution is 2.26. The molecular weight excluding hydrogens is 238 g/mol. The van der Waals surface area contributed by atoms with Crippen molar-refractivity contribution < 1.29 is 9.84 Å². The lowest BCUT2D eigenvalue weighted by atomic mass is 10.1. The maximum Gasteiger partial charge on any atom is 0.145 e. The molecule has 3 heteroatoms. The third-order valence-corrected chi connectivity index (χ3v) is 3.06. The molecule has 0 saturated heterocycles. The Labute approximate surface area is 113 Å². The van der Waals surface area contributed by atoms with E-state index < -0.39 is 6.10 Å². The summed E-state index contributed by atoms with van der Waals surface area (Å²) in [6, 6.07) is 9.73. The van der Waals surface area contributed by atoms with Crippen LogP contribution in [0.2, 0.25) is 0 Å². The first-order chi connectivity index (χ1) is 9.10. The molecule has 0 fully saturated rings. The number of aromatic nitrogens is 1. The second-order valence-corrected chi connectivity index (χ2v) is 4.71. The minimum atomic E-state index is -0.505. The molecule has 0 radical (unpaired) electrons. The lowest BCUT2D eigenvalue weighted by Crippen LogP contribution is -1.98. The van der Waals surface area contributed by atoms with Gasteiger partial charge in [0.2, 0.25) is 0 Å². The van der Waals surface area contributed by atoms with Crippen LogP contribution in [0.3, 0.4) is 0 Å². The van der Waals surface area contributed by atoms with Gasteiger partial charge in [-0.3, -0.25) is 4.98 Å². The lowest BCUT2D eigenvalue weighted by Gasteiger charge is -2.11. The zero-order valence-electron chi connectivity index (χ0n) is 11.6. The highest BCUT2D eigenvalue weighted by Gasteiger charge is 2.07. The van der Waals surface area contributed by atoms with Gasteiger partial charge in [-0.2, -0.15) is 0 Å². The van der Waals surface area contributed by atoms with E-state index >= 15 is 0 Å². The number of aryl methyl sites for hydroxylation is 2. The molecule has 1 atom stereocenters. The summed E-state index contributed by atoms with van der Waals surface area (Å²) in [5, 5.41) is 9.69. The molecule has 0 spiro atoms. The molecule has 2 aromatic rings. The van der Waals surface area contributed by atoms with Crippen molar-refractivity contribution in [1.82, 2.24) is 4.98 Å². The number of aliphatic hydroxyl groups is 1. The van der Waals surface area contributed by atoms with Crippen molar-refractivity contribution in [2.45, 2.75) is 33.3 Å². The van der Waals surface area contributed by atoms with Crippen LogP contribution in [0.15, 0.2) is 36.5 Å². The van der Waals surface area contributed by atoms with Crippen molar-refractivity contribution in [3.8, 4) is 11.5 Å². The summed E-state index contributed by atoms with van der Waals surface area (Å²) in [5.41, 5.74) is 2.92. The third kappa shape index (κ3) is 3.32. The van der Waals surface area contributed by atoms with Crippen LogP contribution < -0.4 is 4.74 Å². The highest BCUT2D eigenvalue weighted by atomic mass is 16.5. The Morgan fingerprint density at radius 1 is 1.21 bits per heavy atom. The van der Waals surface area contributed by atoms with E-state index in [2.05, 4.69) is 11.1 Å². The summed E-state index contributed by atoms with van der Waals surface area (Å²) in [5.74, 6) is 1.52. The number of benzene rings is 1. The fourth-order valence-electron chi connectivity index (χ4n) is 1.80. The molecular formula is C16H19NO2. The average molecular weight is 257 g/mol. The maximum atomic E-state index is 9.69. The van der Waals surface area contributed by atoms with Gasteiger partial charge in [0.25, 0.3) is 0 Å². The normalized spacial score (nSPS) is 12.2. The molecule has 1 N–H and O–H groups in total. The Kier molecular flexibility index (Phi) is 4.17. The first-order valence-corrected chi connectivity index (χ1v) is 6.49. The topological polar surface area (TPSA) is 42.4 Å². The van der Waals surface area contributed by atoms with Gasteiger partial charge < -0.3 is 9.84 Å². The zero-order chi connectivity index (χ0) is 13.8. The first kappa shape index (κ1) is 13.6. The van der Waals surface area contributed by atoms with Gasteiger partial charge in [-0.15, -0.1) is 0 Å². The van der Waals surface area contributed by atoms with E-state index in [0.717, 1.165) is 16.9 Å². The van der Waals surface area contributed by atoms with Crippen LogP contribution >= 0.6 is 0 Å². The summed E-state index contributed by atoms with van der Waals surface area (Å²) < 4.78 is 5.81. The second kappa shape index (κ2) is 5.85.